The number of pyridine rings is 1. The van der Waals surface area contributed by atoms with Crippen molar-refractivity contribution < 1.29 is 4.79 Å². The molecule has 1 saturated heterocycles. The first-order valence-corrected chi connectivity index (χ1v) is 7.58. The summed E-state index contributed by atoms with van der Waals surface area (Å²) < 4.78 is 1.90. The minimum absolute atomic E-state index is 0.0181. The molecule has 3 aromatic rings. The monoisotopic (exact) mass is 308 g/mol. The maximum absolute atomic E-state index is 12.8. The Morgan fingerprint density at radius 2 is 2.09 bits per heavy atom. The summed E-state index contributed by atoms with van der Waals surface area (Å²) in [5.74, 6) is 1.52. The van der Waals surface area contributed by atoms with Gasteiger partial charge in [-0.1, -0.05) is 0 Å². The Kier molecular flexibility index (Phi) is 3.38. The number of carbonyl (C=O) groups excluding carboxylic acids is 1. The summed E-state index contributed by atoms with van der Waals surface area (Å²) in [6.45, 7) is 0.726. The first kappa shape index (κ1) is 13.7. The topological polar surface area (TPSA) is 79.7 Å². The number of carbonyl (C=O) groups is 1. The van der Waals surface area contributed by atoms with Gasteiger partial charge in [-0.15, -0.1) is 0 Å². The van der Waals surface area contributed by atoms with E-state index in [-0.39, 0.29) is 11.9 Å². The summed E-state index contributed by atoms with van der Waals surface area (Å²) in [5.41, 5.74) is 0.590. The van der Waals surface area contributed by atoms with Gasteiger partial charge in [0.05, 0.1) is 11.6 Å². The third-order valence-electron chi connectivity index (χ3n) is 4.13. The molecule has 1 aliphatic heterocycles. The Labute approximate surface area is 133 Å². The highest BCUT2D eigenvalue weighted by Crippen LogP contribution is 2.30. The third kappa shape index (κ3) is 2.50. The van der Waals surface area contributed by atoms with Gasteiger partial charge in [0.15, 0.2) is 0 Å². The minimum atomic E-state index is -0.0332. The van der Waals surface area contributed by atoms with Crippen LogP contribution in [0.5, 0.6) is 0 Å². The molecule has 1 fully saturated rings. The zero-order valence-corrected chi connectivity index (χ0v) is 12.5. The number of aromatic amines is 1. The van der Waals surface area contributed by atoms with Gasteiger partial charge in [-0.3, -0.25) is 9.89 Å². The van der Waals surface area contributed by atoms with E-state index in [9.17, 15) is 4.79 Å². The van der Waals surface area contributed by atoms with Crippen LogP contribution in [-0.4, -0.2) is 42.1 Å². The van der Waals surface area contributed by atoms with E-state index in [1.165, 1.54) is 6.33 Å². The predicted octanol–water partition coefficient (Wildman–Crippen LogP) is 1.97. The Hall–Kier alpha value is -2.96. The molecule has 116 valence electrons. The molecule has 1 N–H and O–H groups in total. The quantitative estimate of drug-likeness (QED) is 0.802. The fraction of sp³-hybridized carbons (Fsp3) is 0.250. The standard InChI is InChI=1S/C16H16N6O/c23-16(22-9-3-4-13(22)15-18-11-19-20-15)12-5-6-14(17-10-12)21-7-1-2-8-21/h1-2,5-8,10-11,13H,3-4,9H2,(H,18,19,20)/t13-/m1/s1. The first-order valence-electron chi connectivity index (χ1n) is 7.58. The largest absolute Gasteiger partial charge is 0.328 e. The van der Waals surface area contributed by atoms with Gasteiger partial charge in [0, 0.05) is 25.1 Å². The first-order chi connectivity index (χ1) is 11.3. The molecule has 4 heterocycles. The van der Waals surface area contributed by atoms with Gasteiger partial charge in [0.2, 0.25) is 0 Å². The van der Waals surface area contributed by atoms with Crippen molar-refractivity contribution >= 4 is 5.91 Å². The Balaban J connectivity index is 1.56. The summed E-state index contributed by atoms with van der Waals surface area (Å²) in [4.78, 5) is 23.2. The molecular formula is C16H16N6O. The van der Waals surface area contributed by atoms with Crippen molar-refractivity contribution in [3.05, 3.63) is 60.6 Å². The van der Waals surface area contributed by atoms with E-state index in [2.05, 4.69) is 20.2 Å². The zero-order valence-electron chi connectivity index (χ0n) is 12.5. The second-order valence-electron chi connectivity index (χ2n) is 5.52. The van der Waals surface area contributed by atoms with Crippen molar-refractivity contribution in [3.63, 3.8) is 0 Å². The number of rotatable bonds is 3. The van der Waals surface area contributed by atoms with E-state index in [0.29, 0.717) is 5.56 Å². The number of aromatic nitrogens is 5. The molecule has 3 aromatic heterocycles. The highest BCUT2D eigenvalue weighted by Gasteiger charge is 2.32. The van der Waals surface area contributed by atoms with Crippen LogP contribution in [-0.2, 0) is 0 Å². The van der Waals surface area contributed by atoms with Gasteiger partial charge >= 0.3 is 0 Å². The van der Waals surface area contributed by atoms with Crippen molar-refractivity contribution in [2.24, 2.45) is 0 Å². The number of hydrogen-bond donors (Lipinski definition) is 1. The van der Waals surface area contributed by atoms with E-state index >= 15 is 0 Å². The summed E-state index contributed by atoms with van der Waals surface area (Å²) in [7, 11) is 0. The molecule has 0 saturated carbocycles. The number of hydrogen-bond acceptors (Lipinski definition) is 4. The van der Waals surface area contributed by atoms with Gasteiger partial charge in [-0.2, -0.15) is 5.10 Å². The lowest BCUT2D eigenvalue weighted by Crippen LogP contribution is -2.31. The van der Waals surface area contributed by atoms with Crippen molar-refractivity contribution in [2.75, 3.05) is 6.54 Å². The van der Waals surface area contributed by atoms with E-state index in [1.54, 1.807) is 6.20 Å². The number of likely N-dealkylation sites (tertiary alicyclic amines) is 1. The summed E-state index contributed by atoms with van der Waals surface area (Å²) in [6.07, 6.45) is 8.81. The fourth-order valence-corrected chi connectivity index (χ4v) is 2.99. The van der Waals surface area contributed by atoms with Crippen LogP contribution in [0.25, 0.3) is 5.82 Å². The average molecular weight is 308 g/mol. The van der Waals surface area contributed by atoms with Gasteiger partial charge in [0.25, 0.3) is 5.91 Å². The molecule has 0 radical (unpaired) electrons. The molecule has 4 rings (SSSR count). The summed E-state index contributed by atoms with van der Waals surface area (Å²) >= 11 is 0. The van der Waals surface area contributed by atoms with Crippen LogP contribution in [0.15, 0.2) is 49.2 Å². The lowest BCUT2D eigenvalue weighted by Gasteiger charge is -2.22. The normalized spacial score (nSPS) is 17.6. The molecule has 1 atom stereocenters. The van der Waals surface area contributed by atoms with Crippen molar-refractivity contribution in [1.82, 2.24) is 29.6 Å². The molecule has 7 nitrogen and oxygen atoms in total. The molecule has 0 aliphatic carbocycles. The van der Waals surface area contributed by atoms with Crippen molar-refractivity contribution in [1.29, 1.82) is 0 Å². The van der Waals surface area contributed by atoms with E-state index in [1.807, 2.05) is 46.1 Å². The fourth-order valence-electron chi connectivity index (χ4n) is 2.99. The second kappa shape index (κ2) is 5.68. The Morgan fingerprint density at radius 3 is 2.78 bits per heavy atom. The van der Waals surface area contributed by atoms with E-state index in [0.717, 1.165) is 31.0 Å². The summed E-state index contributed by atoms with van der Waals surface area (Å²) in [5, 5.41) is 6.75. The molecule has 7 heteroatoms. The molecule has 0 aromatic carbocycles. The van der Waals surface area contributed by atoms with Crippen LogP contribution in [0.3, 0.4) is 0 Å². The third-order valence-corrected chi connectivity index (χ3v) is 4.13. The molecule has 1 aliphatic rings. The minimum Gasteiger partial charge on any atom is -0.328 e. The van der Waals surface area contributed by atoms with Crippen LogP contribution >= 0.6 is 0 Å². The maximum atomic E-state index is 12.8. The van der Waals surface area contributed by atoms with E-state index in [4.69, 9.17) is 0 Å². The Bertz CT molecular complexity index is 779. The van der Waals surface area contributed by atoms with Crippen LogP contribution in [0, 0.1) is 0 Å². The smallest absolute Gasteiger partial charge is 0.256 e. The van der Waals surface area contributed by atoms with Gasteiger partial charge < -0.3 is 9.47 Å². The van der Waals surface area contributed by atoms with Crippen molar-refractivity contribution in [3.8, 4) is 5.82 Å². The zero-order chi connectivity index (χ0) is 15.6. The van der Waals surface area contributed by atoms with Crippen molar-refractivity contribution in [2.45, 2.75) is 18.9 Å². The Morgan fingerprint density at radius 1 is 1.22 bits per heavy atom. The number of nitrogens with one attached hydrogen (secondary N) is 1. The predicted molar refractivity (Wildman–Crippen MR) is 83.0 cm³/mol. The van der Waals surface area contributed by atoms with Gasteiger partial charge in [-0.05, 0) is 37.1 Å². The van der Waals surface area contributed by atoms with Crippen LogP contribution in [0.1, 0.15) is 35.1 Å². The number of amides is 1. The summed E-state index contributed by atoms with van der Waals surface area (Å²) in [6, 6.07) is 7.52. The molecule has 0 unspecified atom stereocenters. The molecular weight excluding hydrogens is 292 g/mol. The number of nitrogens with zero attached hydrogens (tertiary/aromatic N) is 5. The van der Waals surface area contributed by atoms with Crippen LogP contribution < -0.4 is 0 Å². The second-order valence-corrected chi connectivity index (χ2v) is 5.52. The number of H-pyrrole nitrogens is 1. The highest BCUT2D eigenvalue weighted by molar-refractivity contribution is 5.94. The van der Waals surface area contributed by atoms with Gasteiger partial charge in [0.1, 0.15) is 18.0 Å². The molecule has 1 amide bonds. The average Bonchev–Trinajstić information content (AvgIpc) is 3.35. The SMILES string of the molecule is O=C(c1ccc(-n2cccc2)nc1)N1CCC[C@@H]1c1ncn[nH]1. The van der Waals surface area contributed by atoms with Crippen LogP contribution in [0.4, 0.5) is 0 Å². The lowest BCUT2D eigenvalue weighted by molar-refractivity contribution is 0.0729. The molecule has 0 bridgehead atoms. The molecule has 0 spiro atoms. The highest BCUT2D eigenvalue weighted by atomic mass is 16.2. The van der Waals surface area contributed by atoms with Gasteiger partial charge in [-0.25, -0.2) is 9.97 Å². The maximum Gasteiger partial charge on any atom is 0.256 e. The molecule has 23 heavy (non-hydrogen) atoms. The lowest BCUT2D eigenvalue weighted by atomic mass is 10.2. The van der Waals surface area contributed by atoms with E-state index < -0.39 is 0 Å². The van der Waals surface area contributed by atoms with Crippen LogP contribution in [0.2, 0.25) is 0 Å².